The topological polar surface area (TPSA) is 49.4 Å². The maximum Gasteiger partial charge on any atom is 0.240 e. The number of carbonyl (C=O) groups is 2. The molecular formula is C18H19ClN2O2. The minimum atomic E-state index is -0.226. The van der Waals surface area contributed by atoms with Crippen molar-refractivity contribution in [2.24, 2.45) is 0 Å². The van der Waals surface area contributed by atoms with Crippen molar-refractivity contribution in [3.63, 3.8) is 0 Å². The van der Waals surface area contributed by atoms with Crippen LogP contribution in [0.2, 0.25) is 5.02 Å². The van der Waals surface area contributed by atoms with Crippen LogP contribution in [0.3, 0.4) is 0 Å². The molecule has 0 atom stereocenters. The Morgan fingerprint density at radius 3 is 2.35 bits per heavy atom. The molecule has 0 unspecified atom stereocenters. The fourth-order valence-corrected chi connectivity index (χ4v) is 2.46. The predicted molar refractivity (Wildman–Crippen MR) is 92.6 cm³/mol. The van der Waals surface area contributed by atoms with Crippen molar-refractivity contribution in [3.05, 3.63) is 65.2 Å². The van der Waals surface area contributed by atoms with E-state index in [2.05, 4.69) is 5.32 Å². The Morgan fingerprint density at radius 2 is 1.70 bits per heavy atom. The van der Waals surface area contributed by atoms with Gasteiger partial charge in [0.25, 0.3) is 0 Å². The Labute approximate surface area is 141 Å². The standard InChI is InChI=1S/C18H19ClN2O2/c1-14(22)21(17-10-6-5-9-16(17)19)13-18(23)20-12-11-15-7-3-2-4-8-15/h2-10H,11-13H2,1H3,(H,20,23). The monoisotopic (exact) mass is 330 g/mol. The number of carbonyl (C=O) groups excluding carboxylic acids is 2. The summed E-state index contributed by atoms with van der Waals surface area (Å²) in [5.41, 5.74) is 1.70. The molecule has 23 heavy (non-hydrogen) atoms. The van der Waals surface area contributed by atoms with E-state index in [1.807, 2.05) is 30.3 Å². The number of hydrogen-bond donors (Lipinski definition) is 1. The Kier molecular flexibility index (Phi) is 6.18. The van der Waals surface area contributed by atoms with E-state index in [4.69, 9.17) is 11.6 Å². The summed E-state index contributed by atoms with van der Waals surface area (Å²) in [4.78, 5) is 25.3. The molecule has 2 aromatic rings. The van der Waals surface area contributed by atoms with E-state index < -0.39 is 0 Å². The normalized spacial score (nSPS) is 10.2. The third-order valence-electron chi connectivity index (χ3n) is 3.40. The van der Waals surface area contributed by atoms with Crippen LogP contribution in [0, 0.1) is 0 Å². The predicted octanol–water partition coefficient (Wildman–Crippen LogP) is 3.05. The molecule has 0 aromatic heterocycles. The van der Waals surface area contributed by atoms with Crippen molar-refractivity contribution in [2.75, 3.05) is 18.0 Å². The maximum atomic E-state index is 12.1. The van der Waals surface area contributed by atoms with Crippen molar-refractivity contribution < 1.29 is 9.59 Å². The molecule has 0 aliphatic rings. The summed E-state index contributed by atoms with van der Waals surface area (Å²) in [6, 6.07) is 16.9. The zero-order chi connectivity index (χ0) is 16.7. The summed E-state index contributed by atoms with van der Waals surface area (Å²) in [7, 11) is 0. The quantitative estimate of drug-likeness (QED) is 0.885. The zero-order valence-electron chi connectivity index (χ0n) is 13.0. The second-order valence-corrected chi connectivity index (χ2v) is 5.55. The number of nitrogens with zero attached hydrogens (tertiary/aromatic N) is 1. The number of para-hydroxylation sites is 1. The Balaban J connectivity index is 1.91. The van der Waals surface area contributed by atoms with Crippen LogP contribution in [0.5, 0.6) is 0 Å². The lowest BCUT2D eigenvalue weighted by Crippen LogP contribution is -2.40. The highest BCUT2D eigenvalue weighted by molar-refractivity contribution is 6.33. The maximum absolute atomic E-state index is 12.1. The summed E-state index contributed by atoms with van der Waals surface area (Å²) < 4.78 is 0. The molecule has 0 heterocycles. The summed E-state index contributed by atoms with van der Waals surface area (Å²) in [6.45, 7) is 1.89. The minimum absolute atomic E-state index is 0.0478. The SMILES string of the molecule is CC(=O)N(CC(=O)NCCc1ccccc1)c1ccccc1Cl. The van der Waals surface area contributed by atoms with Gasteiger partial charge in [-0.1, -0.05) is 54.1 Å². The summed E-state index contributed by atoms with van der Waals surface area (Å²) in [6.07, 6.45) is 0.749. The van der Waals surface area contributed by atoms with E-state index in [-0.39, 0.29) is 18.4 Å². The van der Waals surface area contributed by atoms with Gasteiger partial charge in [0, 0.05) is 13.5 Å². The van der Waals surface area contributed by atoms with E-state index in [0.717, 1.165) is 12.0 Å². The molecule has 0 saturated carbocycles. The van der Waals surface area contributed by atoms with Gasteiger partial charge in [0.05, 0.1) is 10.7 Å². The summed E-state index contributed by atoms with van der Waals surface area (Å²) in [5.74, 6) is -0.438. The first-order chi connectivity index (χ1) is 11.1. The molecular weight excluding hydrogens is 312 g/mol. The highest BCUT2D eigenvalue weighted by Crippen LogP contribution is 2.25. The van der Waals surface area contributed by atoms with Crippen LogP contribution in [0.25, 0.3) is 0 Å². The van der Waals surface area contributed by atoms with Crippen LogP contribution in [0.1, 0.15) is 12.5 Å². The third-order valence-corrected chi connectivity index (χ3v) is 3.72. The average molecular weight is 331 g/mol. The van der Waals surface area contributed by atoms with Crippen molar-refractivity contribution in [2.45, 2.75) is 13.3 Å². The smallest absolute Gasteiger partial charge is 0.240 e. The molecule has 1 N–H and O–H groups in total. The van der Waals surface area contributed by atoms with Gasteiger partial charge in [-0.2, -0.15) is 0 Å². The van der Waals surface area contributed by atoms with Crippen molar-refractivity contribution >= 4 is 29.1 Å². The van der Waals surface area contributed by atoms with Gasteiger partial charge in [-0.05, 0) is 24.1 Å². The first-order valence-corrected chi connectivity index (χ1v) is 7.79. The van der Waals surface area contributed by atoms with E-state index in [0.29, 0.717) is 17.3 Å². The highest BCUT2D eigenvalue weighted by Gasteiger charge is 2.17. The van der Waals surface area contributed by atoms with Gasteiger partial charge in [0.1, 0.15) is 6.54 Å². The lowest BCUT2D eigenvalue weighted by Gasteiger charge is -2.21. The fraction of sp³-hybridized carbons (Fsp3) is 0.222. The van der Waals surface area contributed by atoms with Crippen molar-refractivity contribution in [1.29, 1.82) is 0 Å². The molecule has 0 saturated heterocycles. The van der Waals surface area contributed by atoms with E-state index in [1.165, 1.54) is 11.8 Å². The summed E-state index contributed by atoms with van der Waals surface area (Å²) >= 11 is 6.11. The molecule has 0 aliphatic carbocycles. The fourth-order valence-electron chi connectivity index (χ4n) is 2.23. The lowest BCUT2D eigenvalue weighted by molar-refractivity contribution is -0.123. The molecule has 0 aliphatic heterocycles. The van der Waals surface area contributed by atoms with Gasteiger partial charge in [-0.3, -0.25) is 9.59 Å². The van der Waals surface area contributed by atoms with Crippen LogP contribution < -0.4 is 10.2 Å². The Bertz CT molecular complexity index is 674. The van der Waals surface area contributed by atoms with Gasteiger partial charge >= 0.3 is 0 Å². The van der Waals surface area contributed by atoms with Crippen LogP contribution in [0.4, 0.5) is 5.69 Å². The largest absolute Gasteiger partial charge is 0.354 e. The molecule has 0 radical (unpaired) electrons. The Morgan fingerprint density at radius 1 is 1.04 bits per heavy atom. The molecule has 0 spiro atoms. The Hall–Kier alpha value is -2.33. The number of amides is 2. The van der Waals surface area contributed by atoms with Crippen LogP contribution in [-0.4, -0.2) is 24.9 Å². The number of rotatable bonds is 6. The van der Waals surface area contributed by atoms with E-state index >= 15 is 0 Å². The first kappa shape index (κ1) is 17.0. The van der Waals surface area contributed by atoms with Crippen molar-refractivity contribution in [3.8, 4) is 0 Å². The number of hydrogen-bond acceptors (Lipinski definition) is 2. The number of nitrogens with one attached hydrogen (secondary N) is 1. The average Bonchev–Trinajstić information content (AvgIpc) is 2.54. The second kappa shape index (κ2) is 8.34. The second-order valence-electron chi connectivity index (χ2n) is 5.14. The number of anilines is 1. The van der Waals surface area contributed by atoms with Gasteiger partial charge in [-0.15, -0.1) is 0 Å². The van der Waals surface area contributed by atoms with E-state index in [9.17, 15) is 9.59 Å². The lowest BCUT2D eigenvalue weighted by atomic mass is 10.1. The van der Waals surface area contributed by atoms with Crippen molar-refractivity contribution in [1.82, 2.24) is 5.32 Å². The third kappa shape index (κ3) is 5.11. The van der Waals surface area contributed by atoms with Crippen LogP contribution in [-0.2, 0) is 16.0 Å². The molecule has 5 heteroatoms. The van der Waals surface area contributed by atoms with Gasteiger partial charge in [-0.25, -0.2) is 0 Å². The highest BCUT2D eigenvalue weighted by atomic mass is 35.5. The molecule has 0 fully saturated rings. The molecule has 2 amide bonds. The number of halogens is 1. The minimum Gasteiger partial charge on any atom is -0.354 e. The number of benzene rings is 2. The zero-order valence-corrected chi connectivity index (χ0v) is 13.7. The van der Waals surface area contributed by atoms with Gasteiger partial charge in [0.15, 0.2) is 0 Å². The molecule has 2 rings (SSSR count). The van der Waals surface area contributed by atoms with Crippen LogP contribution >= 0.6 is 11.6 Å². The van der Waals surface area contributed by atoms with Crippen LogP contribution in [0.15, 0.2) is 54.6 Å². The molecule has 120 valence electrons. The molecule has 0 bridgehead atoms. The first-order valence-electron chi connectivity index (χ1n) is 7.41. The van der Waals surface area contributed by atoms with E-state index in [1.54, 1.807) is 24.3 Å². The van der Waals surface area contributed by atoms with Gasteiger partial charge in [0.2, 0.25) is 11.8 Å². The summed E-state index contributed by atoms with van der Waals surface area (Å²) in [5, 5.41) is 3.27. The molecule has 2 aromatic carbocycles. The van der Waals surface area contributed by atoms with Gasteiger partial charge < -0.3 is 10.2 Å². The molecule has 4 nitrogen and oxygen atoms in total.